The molecule has 1 atom stereocenters. The molecule has 0 amide bonds. The van der Waals surface area contributed by atoms with Crippen LogP contribution < -0.4 is 10.6 Å². The summed E-state index contributed by atoms with van der Waals surface area (Å²) >= 11 is 0. The van der Waals surface area contributed by atoms with E-state index in [2.05, 4.69) is 67.2 Å². The molecule has 1 unspecified atom stereocenters. The third-order valence-electron chi connectivity index (χ3n) is 2.93. The van der Waals surface area contributed by atoms with Gasteiger partial charge in [-0.05, 0) is 19.4 Å². The van der Waals surface area contributed by atoms with Gasteiger partial charge in [-0.25, -0.2) is 0 Å². The maximum atomic E-state index is 4.60. The highest BCUT2D eigenvalue weighted by molar-refractivity contribution is 14.0. The summed E-state index contributed by atoms with van der Waals surface area (Å²) in [5.41, 5.74) is 2.62. The Kier molecular flexibility index (Phi) is 10.2. The summed E-state index contributed by atoms with van der Waals surface area (Å²) < 4.78 is 0. The first-order valence-electron chi connectivity index (χ1n) is 6.87. The van der Waals surface area contributed by atoms with Crippen molar-refractivity contribution in [2.45, 2.75) is 26.7 Å². The predicted molar refractivity (Wildman–Crippen MR) is 99.2 cm³/mol. The lowest BCUT2D eigenvalue weighted by Crippen LogP contribution is -2.37. The number of halogens is 1. The number of guanidine groups is 1. The minimum absolute atomic E-state index is 0. The Bertz CT molecular complexity index is 412. The molecule has 3 nitrogen and oxygen atoms in total. The number of nitrogens with zero attached hydrogens (tertiary/aromatic N) is 1. The van der Waals surface area contributed by atoms with Crippen LogP contribution in [0.25, 0.3) is 0 Å². The van der Waals surface area contributed by atoms with Crippen molar-refractivity contribution in [3.63, 3.8) is 0 Å². The Labute approximate surface area is 140 Å². The average Bonchev–Trinajstić information content (AvgIpc) is 2.42. The van der Waals surface area contributed by atoms with Crippen LogP contribution in [0.2, 0.25) is 0 Å². The van der Waals surface area contributed by atoms with E-state index in [4.69, 9.17) is 0 Å². The van der Waals surface area contributed by atoms with E-state index in [1.807, 2.05) is 6.08 Å². The zero-order valence-corrected chi connectivity index (χ0v) is 15.0. The molecule has 0 aliphatic heterocycles. The van der Waals surface area contributed by atoms with Crippen molar-refractivity contribution in [3.05, 3.63) is 48.0 Å². The van der Waals surface area contributed by atoms with Crippen molar-refractivity contribution in [1.29, 1.82) is 0 Å². The Morgan fingerprint density at radius 2 is 1.95 bits per heavy atom. The molecule has 1 rings (SSSR count). The molecule has 0 radical (unpaired) electrons. The first-order chi connectivity index (χ1) is 9.17. The van der Waals surface area contributed by atoms with Crippen LogP contribution in [0.3, 0.4) is 0 Å². The molecule has 1 aromatic rings. The summed E-state index contributed by atoms with van der Waals surface area (Å²) in [6.45, 7) is 12.4. The Balaban J connectivity index is 0.00000361. The normalized spacial score (nSPS) is 12.2. The van der Waals surface area contributed by atoms with Gasteiger partial charge in [0.05, 0.1) is 0 Å². The second-order valence-corrected chi connectivity index (χ2v) is 4.70. The Morgan fingerprint density at radius 1 is 1.30 bits per heavy atom. The smallest absolute Gasteiger partial charge is 0.191 e. The van der Waals surface area contributed by atoms with Crippen LogP contribution in [0.15, 0.2) is 41.9 Å². The summed E-state index contributed by atoms with van der Waals surface area (Å²) in [4.78, 5) is 4.60. The van der Waals surface area contributed by atoms with Gasteiger partial charge in [0.15, 0.2) is 5.96 Å². The van der Waals surface area contributed by atoms with Gasteiger partial charge in [-0.1, -0.05) is 42.8 Å². The first-order valence-corrected chi connectivity index (χ1v) is 6.87. The van der Waals surface area contributed by atoms with Gasteiger partial charge < -0.3 is 10.6 Å². The number of aryl methyl sites for hydroxylation is 1. The molecular weight excluding hydrogens is 361 g/mol. The van der Waals surface area contributed by atoms with E-state index in [1.54, 1.807) is 0 Å². The van der Waals surface area contributed by atoms with E-state index in [0.717, 1.165) is 25.6 Å². The van der Waals surface area contributed by atoms with E-state index in [9.17, 15) is 0 Å². The van der Waals surface area contributed by atoms with Crippen LogP contribution in [-0.4, -0.2) is 25.6 Å². The lowest BCUT2D eigenvalue weighted by molar-refractivity contribution is 0.756. The highest BCUT2D eigenvalue weighted by Crippen LogP contribution is 2.15. The minimum atomic E-state index is 0. The summed E-state index contributed by atoms with van der Waals surface area (Å²) in [7, 11) is 0. The van der Waals surface area contributed by atoms with Crippen molar-refractivity contribution in [3.8, 4) is 0 Å². The molecule has 112 valence electrons. The summed E-state index contributed by atoms with van der Waals surface area (Å²) in [6.07, 6.45) is 1.83. The first kappa shape index (κ1) is 19.0. The van der Waals surface area contributed by atoms with E-state index >= 15 is 0 Å². The molecule has 0 saturated carbocycles. The SMILES string of the molecule is C=CCNC(=NCC(C)c1ccc(C)cc1)NCC.I. The van der Waals surface area contributed by atoms with E-state index < -0.39 is 0 Å². The van der Waals surface area contributed by atoms with Crippen molar-refractivity contribution >= 4 is 29.9 Å². The van der Waals surface area contributed by atoms with E-state index in [1.165, 1.54) is 11.1 Å². The van der Waals surface area contributed by atoms with Gasteiger partial charge in [0.1, 0.15) is 0 Å². The highest BCUT2D eigenvalue weighted by atomic mass is 127. The maximum Gasteiger partial charge on any atom is 0.191 e. The number of benzene rings is 1. The van der Waals surface area contributed by atoms with Gasteiger partial charge in [-0.15, -0.1) is 30.6 Å². The Morgan fingerprint density at radius 3 is 2.50 bits per heavy atom. The fraction of sp³-hybridized carbons (Fsp3) is 0.438. The van der Waals surface area contributed by atoms with Crippen molar-refractivity contribution in [2.75, 3.05) is 19.6 Å². The van der Waals surface area contributed by atoms with Gasteiger partial charge in [0, 0.05) is 25.6 Å². The van der Waals surface area contributed by atoms with Gasteiger partial charge >= 0.3 is 0 Å². The van der Waals surface area contributed by atoms with Gasteiger partial charge in [-0.3, -0.25) is 4.99 Å². The number of hydrogen-bond acceptors (Lipinski definition) is 1. The molecule has 0 aliphatic rings. The average molecular weight is 387 g/mol. The van der Waals surface area contributed by atoms with Gasteiger partial charge in [-0.2, -0.15) is 0 Å². The topological polar surface area (TPSA) is 36.4 Å². The molecule has 0 aromatic heterocycles. The zero-order valence-electron chi connectivity index (χ0n) is 12.6. The third-order valence-corrected chi connectivity index (χ3v) is 2.93. The number of nitrogens with one attached hydrogen (secondary N) is 2. The third kappa shape index (κ3) is 6.93. The standard InChI is InChI=1S/C16H25N3.HI/c1-5-11-18-16(17-6-2)19-12-14(4)15-9-7-13(3)8-10-15;/h5,7-10,14H,1,6,11-12H2,2-4H3,(H2,17,18,19);1H. The molecule has 2 N–H and O–H groups in total. The fourth-order valence-electron chi connectivity index (χ4n) is 1.74. The van der Waals surface area contributed by atoms with Gasteiger partial charge in [0.2, 0.25) is 0 Å². The number of hydrogen-bond donors (Lipinski definition) is 2. The summed E-state index contributed by atoms with van der Waals surface area (Å²) in [6, 6.07) is 8.66. The monoisotopic (exact) mass is 387 g/mol. The van der Waals surface area contributed by atoms with Crippen LogP contribution in [0.4, 0.5) is 0 Å². The van der Waals surface area contributed by atoms with E-state index in [0.29, 0.717) is 5.92 Å². The summed E-state index contributed by atoms with van der Waals surface area (Å²) in [5.74, 6) is 1.26. The molecule has 0 bridgehead atoms. The van der Waals surface area contributed by atoms with Crippen LogP contribution in [0.5, 0.6) is 0 Å². The second kappa shape index (κ2) is 10.7. The molecule has 1 aromatic carbocycles. The van der Waals surface area contributed by atoms with Crippen molar-refractivity contribution < 1.29 is 0 Å². The number of rotatable bonds is 6. The van der Waals surface area contributed by atoms with Crippen molar-refractivity contribution in [2.24, 2.45) is 4.99 Å². The molecule has 20 heavy (non-hydrogen) atoms. The molecule has 0 spiro atoms. The lowest BCUT2D eigenvalue weighted by atomic mass is 10.0. The molecule has 0 saturated heterocycles. The molecular formula is C16H26IN3. The van der Waals surface area contributed by atoms with Gasteiger partial charge in [0.25, 0.3) is 0 Å². The Hall–Kier alpha value is -1.04. The van der Waals surface area contributed by atoms with Crippen molar-refractivity contribution in [1.82, 2.24) is 10.6 Å². The second-order valence-electron chi connectivity index (χ2n) is 4.70. The summed E-state index contributed by atoms with van der Waals surface area (Å²) in [5, 5.41) is 6.43. The lowest BCUT2D eigenvalue weighted by Gasteiger charge is -2.13. The van der Waals surface area contributed by atoms with Crippen LogP contribution in [0, 0.1) is 6.92 Å². The quantitative estimate of drug-likeness (QED) is 0.340. The van der Waals surface area contributed by atoms with Crippen LogP contribution in [0.1, 0.15) is 30.9 Å². The molecule has 0 heterocycles. The molecule has 0 aliphatic carbocycles. The van der Waals surface area contributed by atoms with Crippen LogP contribution in [-0.2, 0) is 0 Å². The molecule has 0 fully saturated rings. The minimum Gasteiger partial charge on any atom is -0.357 e. The van der Waals surface area contributed by atoms with E-state index in [-0.39, 0.29) is 24.0 Å². The zero-order chi connectivity index (χ0) is 14.1. The highest BCUT2D eigenvalue weighted by Gasteiger charge is 2.05. The largest absolute Gasteiger partial charge is 0.357 e. The predicted octanol–water partition coefficient (Wildman–Crippen LogP) is 3.46. The number of aliphatic imine (C=N–C) groups is 1. The fourth-order valence-corrected chi connectivity index (χ4v) is 1.74. The molecule has 4 heteroatoms. The van der Waals surface area contributed by atoms with Crippen LogP contribution >= 0.6 is 24.0 Å². The maximum absolute atomic E-state index is 4.60.